The number of carbonyl (C=O) groups is 2. The third kappa shape index (κ3) is 4.17. The van der Waals surface area contributed by atoms with E-state index < -0.39 is 17.8 Å². The maximum absolute atomic E-state index is 13.8. The summed E-state index contributed by atoms with van der Waals surface area (Å²) < 4.78 is 25.4. The molecule has 2 atom stereocenters. The monoisotopic (exact) mass is 508 g/mol. The van der Waals surface area contributed by atoms with E-state index in [4.69, 9.17) is 21.1 Å². The molecule has 0 unspecified atom stereocenters. The molecule has 6 nitrogen and oxygen atoms in total. The van der Waals surface area contributed by atoms with Crippen molar-refractivity contribution in [3.63, 3.8) is 0 Å². The van der Waals surface area contributed by atoms with Gasteiger partial charge in [-0.2, -0.15) is 0 Å². The first-order valence-corrected chi connectivity index (χ1v) is 12.4. The third-order valence-electron chi connectivity index (χ3n) is 6.65. The van der Waals surface area contributed by atoms with Crippen molar-refractivity contribution in [1.29, 1.82) is 0 Å². The molecule has 186 valence electrons. The summed E-state index contributed by atoms with van der Waals surface area (Å²) in [4.78, 5) is 29.1. The molecule has 0 aromatic heterocycles. The van der Waals surface area contributed by atoms with Crippen molar-refractivity contribution in [2.24, 2.45) is 0 Å². The van der Waals surface area contributed by atoms with Crippen molar-refractivity contribution < 1.29 is 23.5 Å². The fourth-order valence-electron chi connectivity index (χ4n) is 5.15. The number of amides is 2. The molecule has 3 aromatic carbocycles. The van der Waals surface area contributed by atoms with Gasteiger partial charge in [-0.05, 0) is 73.4 Å². The summed E-state index contributed by atoms with van der Waals surface area (Å²) in [5.74, 6) is -0.459. The van der Waals surface area contributed by atoms with Crippen LogP contribution < -0.4 is 14.8 Å². The number of fused-ring (bicyclic) bond motifs is 4. The van der Waals surface area contributed by atoms with Gasteiger partial charge in [-0.3, -0.25) is 9.59 Å². The number of anilines is 1. The predicted octanol–water partition coefficient (Wildman–Crippen LogP) is 5.75. The average molecular weight is 509 g/mol. The highest BCUT2D eigenvalue weighted by molar-refractivity contribution is 6.31. The first kappa shape index (κ1) is 24.1. The van der Waals surface area contributed by atoms with Gasteiger partial charge in [0.25, 0.3) is 5.91 Å². The highest BCUT2D eigenvalue weighted by atomic mass is 35.5. The van der Waals surface area contributed by atoms with Crippen molar-refractivity contribution in [3.05, 3.63) is 87.7 Å². The van der Waals surface area contributed by atoms with Crippen LogP contribution in [-0.2, 0) is 11.2 Å². The Balaban J connectivity index is 1.63. The summed E-state index contributed by atoms with van der Waals surface area (Å²) >= 11 is 5.94. The second-order valence-corrected chi connectivity index (χ2v) is 9.15. The molecule has 1 N–H and O–H groups in total. The molecule has 0 aliphatic carbocycles. The van der Waals surface area contributed by atoms with Crippen LogP contribution in [0.4, 0.5) is 10.1 Å². The number of rotatable bonds is 6. The first-order valence-electron chi connectivity index (χ1n) is 12.0. The zero-order valence-electron chi connectivity index (χ0n) is 20.0. The molecular weight excluding hydrogens is 483 g/mol. The number of hydrogen-bond donors (Lipinski definition) is 1. The van der Waals surface area contributed by atoms with Crippen molar-refractivity contribution in [1.82, 2.24) is 4.90 Å². The maximum Gasteiger partial charge on any atom is 0.254 e. The number of benzene rings is 3. The van der Waals surface area contributed by atoms with Crippen LogP contribution >= 0.6 is 11.6 Å². The maximum atomic E-state index is 13.8. The van der Waals surface area contributed by atoms with Gasteiger partial charge in [-0.1, -0.05) is 29.8 Å². The van der Waals surface area contributed by atoms with Crippen LogP contribution in [0.25, 0.3) is 0 Å². The minimum Gasteiger partial charge on any atom is -0.490 e. The molecule has 36 heavy (non-hydrogen) atoms. The van der Waals surface area contributed by atoms with Crippen molar-refractivity contribution in [2.75, 3.05) is 25.1 Å². The summed E-state index contributed by atoms with van der Waals surface area (Å²) in [7, 11) is 0. The number of nitrogens with one attached hydrogen (secondary N) is 1. The topological polar surface area (TPSA) is 67.9 Å². The molecule has 2 aliphatic heterocycles. The normalized spacial score (nSPS) is 18.1. The smallest absolute Gasteiger partial charge is 0.254 e. The van der Waals surface area contributed by atoms with E-state index in [2.05, 4.69) is 5.32 Å². The molecule has 2 aliphatic rings. The second-order valence-electron chi connectivity index (χ2n) is 8.74. The van der Waals surface area contributed by atoms with Gasteiger partial charge in [0.05, 0.1) is 30.2 Å². The van der Waals surface area contributed by atoms with Crippen molar-refractivity contribution >= 4 is 29.1 Å². The summed E-state index contributed by atoms with van der Waals surface area (Å²) in [6.07, 6.45) is 0.633. The Hall–Kier alpha value is -3.58. The Bertz CT molecular complexity index is 1350. The largest absolute Gasteiger partial charge is 0.490 e. The van der Waals surface area contributed by atoms with Crippen molar-refractivity contribution in [3.8, 4) is 11.5 Å². The summed E-state index contributed by atoms with van der Waals surface area (Å²) in [6.45, 7) is 5.22. The third-order valence-corrected chi connectivity index (χ3v) is 6.94. The van der Waals surface area contributed by atoms with E-state index in [9.17, 15) is 14.0 Å². The molecule has 0 radical (unpaired) electrons. The van der Waals surface area contributed by atoms with E-state index in [1.807, 2.05) is 38.1 Å². The van der Waals surface area contributed by atoms with E-state index in [0.717, 1.165) is 11.1 Å². The molecule has 0 saturated carbocycles. The predicted molar refractivity (Wildman–Crippen MR) is 135 cm³/mol. The van der Waals surface area contributed by atoms with Gasteiger partial charge in [-0.25, -0.2) is 4.39 Å². The lowest BCUT2D eigenvalue weighted by molar-refractivity contribution is -0.119. The zero-order chi connectivity index (χ0) is 25.4. The Morgan fingerprint density at radius 3 is 2.50 bits per heavy atom. The van der Waals surface area contributed by atoms with Crippen molar-refractivity contribution in [2.45, 2.75) is 32.2 Å². The highest BCUT2D eigenvalue weighted by Crippen LogP contribution is 2.48. The lowest BCUT2D eigenvalue weighted by Gasteiger charge is -2.45. The van der Waals surface area contributed by atoms with Crippen LogP contribution in [0.15, 0.2) is 54.6 Å². The molecule has 2 amide bonds. The van der Waals surface area contributed by atoms with Gasteiger partial charge in [-0.15, -0.1) is 0 Å². The van der Waals surface area contributed by atoms with E-state index >= 15 is 0 Å². The van der Waals surface area contributed by atoms with Gasteiger partial charge in [0, 0.05) is 17.8 Å². The van der Waals surface area contributed by atoms with E-state index in [1.54, 1.807) is 17.0 Å². The zero-order valence-corrected chi connectivity index (χ0v) is 20.8. The number of ether oxygens (including phenoxy) is 2. The molecule has 2 heterocycles. The molecule has 3 aromatic rings. The molecule has 0 saturated heterocycles. The second kappa shape index (κ2) is 9.82. The van der Waals surface area contributed by atoms with Crippen LogP contribution in [-0.4, -0.2) is 36.5 Å². The Morgan fingerprint density at radius 2 is 1.78 bits per heavy atom. The molecule has 0 bridgehead atoms. The first-order chi connectivity index (χ1) is 17.4. The Kier molecular flexibility index (Phi) is 6.58. The van der Waals surface area contributed by atoms with E-state index in [-0.39, 0.29) is 16.8 Å². The summed E-state index contributed by atoms with van der Waals surface area (Å²) in [5, 5.41) is 2.80. The fourth-order valence-corrected chi connectivity index (χ4v) is 5.33. The standard InChI is InChI=1S/C28H26ClFN2O4/c1-3-35-23-13-16-11-12-32-26(20(16)15-24(23)36-4-2)25(18-7-5-6-8-19(18)28(32)34)27(33)31-17-9-10-22(30)21(29)14-17/h5-10,13-15,25-26H,3-4,11-12H2,1-2H3,(H,31,33)/t25-,26-/m1/s1. The highest BCUT2D eigenvalue weighted by Gasteiger charge is 2.46. The summed E-state index contributed by atoms with van der Waals surface area (Å²) in [5.41, 5.74) is 3.40. The molecule has 0 fully saturated rings. The lowest BCUT2D eigenvalue weighted by atomic mass is 9.75. The number of nitrogens with zero attached hydrogens (tertiary/aromatic N) is 1. The molecule has 0 spiro atoms. The Morgan fingerprint density at radius 1 is 1.06 bits per heavy atom. The SMILES string of the molecule is CCOc1cc2c(cc1OCC)[C@@H]1[C@H](C(=O)Nc3ccc(F)c(Cl)c3)c3ccccc3C(=O)N1CC2. The summed E-state index contributed by atoms with van der Waals surface area (Å²) in [6, 6.07) is 14.6. The van der Waals surface area contributed by atoms with Gasteiger partial charge in [0.2, 0.25) is 5.91 Å². The van der Waals surface area contributed by atoms with Gasteiger partial charge in [0.1, 0.15) is 5.82 Å². The van der Waals surface area contributed by atoms with Crippen LogP contribution in [0, 0.1) is 5.82 Å². The number of halogens is 2. The number of carbonyl (C=O) groups excluding carboxylic acids is 2. The van der Waals surface area contributed by atoms with Gasteiger partial charge < -0.3 is 19.7 Å². The van der Waals surface area contributed by atoms with E-state index in [0.29, 0.717) is 54.5 Å². The molecule has 5 rings (SSSR count). The minimum absolute atomic E-state index is 0.0820. The minimum atomic E-state index is -0.700. The average Bonchev–Trinajstić information content (AvgIpc) is 2.87. The molecular formula is C28H26ClFN2O4. The fraction of sp³-hybridized carbons (Fsp3) is 0.286. The quantitative estimate of drug-likeness (QED) is 0.460. The van der Waals surface area contributed by atoms with Gasteiger partial charge >= 0.3 is 0 Å². The van der Waals surface area contributed by atoms with Crippen LogP contribution in [0.1, 0.15) is 52.9 Å². The van der Waals surface area contributed by atoms with Crippen LogP contribution in [0.2, 0.25) is 5.02 Å². The van der Waals surface area contributed by atoms with Crippen LogP contribution in [0.5, 0.6) is 11.5 Å². The van der Waals surface area contributed by atoms with Gasteiger partial charge in [0.15, 0.2) is 11.5 Å². The van der Waals surface area contributed by atoms with Crippen LogP contribution in [0.3, 0.4) is 0 Å². The molecule has 8 heteroatoms. The Labute approximate surface area is 214 Å². The number of hydrogen-bond acceptors (Lipinski definition) is 4. The van der Waals surface area contributed by atoms with E-state index in [1.165, 1.54) is 18.2 Å². The lowest BCUT2D eigenvalue weighted by Crippen LogP contribution is -2.49.